The highest BCUT2D eigenvalue weighted by Gasteiger charge is 2.27. The summed E-state index contributed by atoms with van der Waals surface area (Å²) in [6, 6.07) is 3.74. The summed E-state index contributed by atoms with van der Waals surface area (Å²) in [5.41, 5.74) is 3.85. The van der Waals surface area contributed by atoms with Gasteiger partial charge in [0.2, 0.25) is 0 Å². The van der Waals surface area contributed by atoms with Crippen molar-refractivity contribution in [2.24, 2.45) is 5.92 Å². The van der Waals surface area contributed by atoms with E-state index >= 15 is 0 Å². The van der Waals surface area contributed by atoms with Gasteiger partial charge in [-0.25, -0.2) is 4.79 Å². The number of nitrogens with one attached hydrogen (secondary N) is 1. The SMILES string of the molecule is CCSc1oc2c([C@@H](C)NC3=CCC(C)C=C3C(=O)OC(C)(C)C)cc(C)cc2c(=O)c1C. The predicted molar refractivity (Wildman–Crippen MR) is 136 cm³/mol. The molecule has 1 aromatic heterocycles. The van der Waals surface area contributed by atoms with Crippen molar-refractivity contribution in [3.8, 4) is 0 Å². The Labute approximate surface area is 200 Å². The second-order valence-electron chi connectivity index (χ2n) is 9.79. The van der Waals surface area contributed by atoms with Gasteiger partial charge in [-0.2, -0.15) is 0 Å². The van der Waals surface area contributed by atoms with Gasteiger partial charge in [-0.15, -0.1) is 0 Å². The molecule has 1 aromatic carbocycles. The number of fused-ring (bicyclic) bond motifs is 1. The zero-order valence-electron chi connectivity index (χ0n) is 20.9. The molecule has 0 amide bonds. The van der Waals surface area contributed by atoms with Gasteiger partial charge in [0.15, 0.2) is 10.5 Å². The van der Waals surface area contributed by atoms with Crippen LogP contribution in [0.1, 0.15) is 70.7 Å². The smallest absolute Gasteiger partial charge is 0.340 e. The molecule has 5 nitrogen and oxygen atoms in total. The van der Waals surface area contributed by atoms with E-state index in [1.54, 1.807) is 0 Å². The summed E-state index contributed by atoms with van der Waals surface area (Å²) in [6.07, 6.45) is 4.86. The highest BCUT2D eigenvalue weighted by molar-refractivity contribution is 7.99. The van der Waals surface area contributed by atoms with Crippen molar-refractivity contribution in [3.05, 3.63) is 62.5 Å². The van der Waals surface area contributed by atoms with Gasteiger partial charge in [0.05, 0.1) is 17.0 Å². The molecule has 2 atom stereocenters. The monoisotopic (exact) mass is 469 g/mol. The average Bonchev–Trinajstić information content (AvgIpc) is 2.72. The van der Waals surface area contributed by atoms with Crippen molar-refractivity contribution in [2.45, 2.75) is 78.5 Å². The van der Waals surface area contributed by atoms with Crippen LogP contribution in [0, 0.1) is 19.8 Å². The number of rotatable bonds is 6. The minimum Gasteiger partial charge on any atom is -0.456 e. The standard InChI is InChI=1S/C27H35NO4S/c1-9-33-26-17(4)23(29)21-14-16(3)13-19(24(21)31-26)18(5)28-22-11-10-15(2)12-20(22)25(30)32-27(6,7)8/h11-15,18,28H,9-10H2,1-8H3/t15?,18-/m1/s1. The maximum Gasteiger partial charge on any atom is 0.340 e. The summed E-state index contributed by atoms with van der Waals surface area (Å²) < 4.78 is 11.9. The van der Waals surface area contributed by atoms with Gasteiger partial charge in [0, 0.05) is 16.8 Å². The fourth-order valence-corrected chi connectivity index (χ4v) is 4.67. The Bertz CT molecular complexity index is 1180. The van der Waals surface area contributed by atoms with E-state index in [2.05, 4.69) is 18.3 Å². The largest absolute Gasteiger partial charge is 0.456 e. The van der Waals surface area contributed by atoms with E-state index in [9.17, 15) is 9.59 Å². The molecule has 0 radical (unpaired) electrons. The molecule has 2 aromatic rings. The number of carbonyl (C=O) groups excluding carboxylic acids is 1. The van der Waals surface area contributed by atoms with Crippen LogP contribution in [-0.4, -0.2) is 17.3 Å². The summed E-state index contributed by atoms with van der Waals surface area (Å²) in [7, 11) is 0. The molecular formula is C27H35NO4S. The van der Waals surface area contributed by atoms with Crippen LogP contribution in [0.3, 0.4) is 0 Å². The van der Waals surface area contributed by atoms with Gasteiger partial charge in [0.25, 0.3) is 0 Å². The van der Waals surface area contributed by atoms with Crippen LogP contribution < -0.4 is 10.7 Å². The lowest BCUT2D eigenvalue weighted by Crippen LogP contribution is -2.30. The van der Waals surface area contributed by atoms with E-state index in [0.29, 0.717) is 27.2 Å². The lowest BCUT2D eigenvalue weighted by atomic mass is 9.94. The molecule has 178 valence electrons. The van der Waals surface area contributed by atoms with E-state index < -0.39 is 5.60 Å². The molecule has 1 N–H and O–H groups in total. The first kappa shape index (κ1) is 25.2. The van der Waals surface area contributed by atoms with Crippen LogP contribution in [0.15, 0.2) is 49.9 Å². The van der Waals surface area contributed by atoms with Gasteiger partial charge in [-0.05, 0) is 71.3 Å². The summed E-state index contributed by atoms with van der Waals surface area (Å²) in [5.74, 6) is 0.736. The molecule has 3 rings (SSSR count). The predicted octanol–water partition coefficient (Wildman–Crippen LogP) is 6.36. The molecule has 1 unspecified atom stereocenters. The third-order valence-electron chi connectivity index (χ3n) is 5.52. The quantitative estimate of drug-likeness (QED) is 0.392. The molecule has 0 saturated heterocycles. The van der Waals surface area contributed by atoms with E-state index in [-0.39, 0.29) is 23.4 Å². The first-order valence-electron chi connectivity index (χ1n) is 11.5. The second-order valence-corrected chi connectivity index (χ2v) is 11.0. The highest BCUT2D eigenvalue weighted by atomic mass is 32.2. The molecule has 0 fully saturated rings. The van der Waals surface area contributed by atoms with E-state index in [1.165, 1.54) is 11.8 Å². The Hall–Kier alpha value is -2.47. The second kappa shape index (κ2) is 9.80. The first-order valence-corrected chi connectivity index (χ1v) is 12.5. The van der Waals surface area contributed by atoms with Crippen LogP contribution >= 0.6 is 11.8 Å². The van der Waals surface area contributed by atoms with Gasteiger partial charge < -0.3 is 14.5 Å². The van der Waals surface area contributed by atoms with Crippen molar-refractivity contribution in [2.75, 3.05) is 5.75 Å². The fourth-order valence-electron chi connectivity index (χ4n) is 3.95. The van der Waals surface area contributed by atoms with Gasteiger partial charge in [0.1, 0.15) is 11.2 Å². The number of allylic oxidation sites excluding steroid dienone is 2. The molecule has 1 heterocycles. The van der Waals surface area contributed by atoms with Crippen LogP contribution in [0.2, 0.25) is 0 Å². The lowest BCUT2D eigenvalue weighted by molar-refractivity contribution is -0.149. The van der Waals surface area contributed by atoms with Gasteiger partial charge in [-0.1, -0.05) is 43.8 Å². The van der Waals surface area contributed by atoms with Crippen LogP contribution in [-0.2, 0) is 9.53 Å². The number of carbonyl (C=O) groups is 1. The van der Waals surface area contributed by atoms with Crippen LogP contribution in [0.5, 0.6) is 0 Å². The summed E-state index contributed by atoms with van der Waals surface area (Å²) in [5, 5.41) is 4.75. The molecule has 0 saturated carbocycles. The minimum absolute atomic E-state index is 0.00407. The molecule has 1 aliphatic rings. The zero-order chi connectivity index (χ0) is 24.5. The van der Waals surface area contributed by atoms with E-state index in [0.717, 1.165) is 29.0 Å². The summed E-state index contributed by atoms with van der Waals surface area (Å²) in [4.78, 5) is 26.0. The topological polar surface area (TPSA) is 68.5 Å². The molecule has 6 heteroatoms. The normalized spacial score (nSPS) is 17.4. The van der Waals surface area contributed by atoms with Crippen molar-refractivity contribution in [3.63, 3.8) is 0 Å². The number of hydrogen-bond donors (Lipinski definition) is 1. The maximum atomic E-state index is 13.1. The van der Waals surface area contributed by atoms with Gasteiger partial charge in [-0.3, -0.25) is 4.79 Å². The molecule has 1 aliphatic carbocycles. The Morgan fingerprint density at radius 3 is 2.64 bits per heavy atom. The summed E-state index contributed by atoms with van der Waals surface area (Å²) in [6.45, 7) is 15.5. The third-order valence-corrected chi connectivity index (χ3v) is 6.46. The number of ether oxygens (including phenoxy) is 1. The van der Waals surface area contributed by atoms with Crippen molar-refractivity contribution >= 4 is 28.7 Å². The Morgan fingerprint density at radius 2 is 2.00 bits per heavy atom. The molecule has 33 heavy (non-hydrogen) atoms. The molecular weight excluding hydrogens is 434 g/mol. The molecule has 0 aliphatic heterocycles. The zero-order valence-corrected chi connectivity index (χ0v) is 21.7. The average molecular weight is 470 g/mol. The number of aryl methyl sites for hydroxylation is 1. The van der Waals surface area contributed by atoms with Crippen molar-refractivity contribution in [1.82, 2.24) is 5.32 Å². The van der Waals surface area contributed by atoms with Crippen LogP contribution in [0.4, 0.5) is 0 Å². The molecule has 0 spiro atoms. The Balaban J connectivity index is 2.02. The highest BCUT2D eigenvalue weighted by Crippen LogP contribution is 2.32. The van der Waals surface area contributed by atoms with E-state index in [4.69, 9.17) is 9.15 Å². The maximum absolute atomic E-state index is 13.1. The first-order chi connectivity index (χ1) is 15.4. The number of esters is 1. The Kier molecular flexibility index (Phi) is 7.47. The van der Waals surface area contributed by atoms with Gasteiger partial charge >= 0.3 is 5.97 Å². The number of thioether (sulfide) groups is 1. The lowest BCUT2D eigenvalue weighted by Gasteiger charge is -2.27. The van der Waals surface area contributed by atoms with E-state index in [1.807, 2.05) is 66.7 Å². The van der Waals surface area contributed by atoms with Crippen molar-refractivity contribution in [1.29, 1.82) is 0 Å². The number of hydrogen-bond acceptors (Lipinski definition) is 6. The Morgan fingerprint density at radius 1 is 1.30 bits per heavy atom. The van der Waals surface area contributed by atoms with Crippen LogP contribution in [0.25, 0.3) is 11.0 Å². The summed E-state index contributed by atoms with van der Waals surface area (Å²) >= 11 is 1.53. The third kappa shape index (κ3) is 5.72. The fraction of sp³-hybridized carbons (Fsp3) is 0.481. The van der Waals surface area contributed by atoms with Crippen molar-refractivity contribution < 1.29 is 13.9 Å². The number of benzene rings is 1. The molecule has 0 bridgehead atoms. The minimum atomic E-state index is -0.573.